The number of carbonyl (C=O) groups is 2. The molecule has 1 aromatic carbocycles. The Hall–Kier alpha value is -3.14. The second-order valence-electron chi connectivity index (χ2n) is 8.10. The van der Waals surface area contributed by atoms with E-state index in [4.69, 9.17) is 10.2 Å². The first-order chi connectivity index (χ1) is 14.7. The fourth-order valence-corrected chi connectivity index (χ4v) is 3.77. The molecule has 31 heavy (non-hydrogen) atoms. The number of likely N-dealkylation sites (N-methyl/N-ethyl adjacent to an activating group) is 1. The molecule has 168 valence electrons. The van der Waals surface area contributed by atoms with E-state index in [9.17, 15) is 14.4 Å². The average molecular weight is 431 g/mol. The highest BCUT2D eigenvalue weighted by atomic mass is 16.4. The number of anilines is 2. The van der Waals surface area contributed by atoms with Crippen molar-refractivity contribution in [2.45, 2.75) is 32.7 Å². The smallest absolute Gasteiger partial charge is 0.348 e. The minimum atomic E-state index is -0.603. The van der Waals surface area contributed by atoms with E-state index in [0.29, 0.717) is 29.9 Å². The molecule has 0 aliphatic carbocycles. The summed E-state index contributed by atoms with van der Waals surface area (Å²) in [4.78, 5) is 46.8. The summed E-state index contributed by atoms with van der Waals surface area (Å²) in [7, 11) is 3.80. The fraction of sp³-hybridized carbons (Fsp3) is 0.524. The summed E-state index contributed by atoms with van der Waals surface area (Å²) < 4.78 is 5.36. The Morgan fingerprint density at radius 2 is 1.94 bits per heavy atom. The van der Waals surface area contributed by atoms with E-state index >= 15 is 0 Å². The van der Waals surface area contributed by atoms with E-state index in [1.165, 1.54) is 4.90 Å². The van der Waals surface area contributed by atoms with E-state index < -0.39 is 17.7 Å². The number of likely N-dealkylation sites (tertiary alicyclic amines) is 1. The third-order valence-electron chi connectivity index (χ3n) is 5.49. The van der Waals surface area contributed by atoms with Gasteiger partial charge in [-0.3, -0.25) is 9.69 Å². The molecule has 2 aromatic rings. The van der Waals surface area contributed by atoms with Gasteiger partial charge in [-0.2, -0.15) is 4.98 Å². The van der Waals surface area contributed by atoms with Gasteiger partial charge in [0.15, 0.2) is 0 Å². The summed E-state index contributed by atoms with van der Waals surface area (Å²) >= 11 is 0. The molecule has 10 nitrogen and oxygen atoms in total. The Morgan fingerprint density at radius 1 is 1.26 bits per heavy atom. The number of urea groups is 1. The van der Waals surface area contributed by atoms with Gasteiger partial charge in [-0.25, -0.2) is 9.59 Å². The number of nitrogens with one attached hydrogen (secondary N) is 1. The van der Waals surface area contributed by atoms with Crippen molar-refractivity contribution < 1.29 is 14.0 Å². The van der Waals surface area contributed by atoms with Gasteiger partial charge in [0.25, 0.3) is 6.01 Å². The summed E-state index contributed by atoms with van der Waals surface area (Å²) in [5.74, 6) is -0.0495. The lowest BCUT2D eigenvalue weighted by atomic mass is 10.1. The maximum Gasteiger partial charge on any atom is 0.348 e. The average Bonchev–Trinajstić information content (AvgIpc) is 3.23. The zero-order valence-corrected chi connectivity index (χ0v) is 18.5. The highest BCUT2D eigenvalue weighted by Gasteiger charge is 2.25. The maximum atomic E-state index is 12.8. The van der Waals surface area contributed by atoms with Gasteiger partial charge in [0.2, 0.25) is 5.91 Å². The number of amides is 3. The predicted octanol–water partition coefficient (Wildman–Crippen LogP) is 1.37. The van der Waals surface area contributed by atoms with Gasteiger partial charge in [-0.1, -0.05) is 0 Å². The van der Waals surface area contributed by atoms with Gasteiger partial charge in [0.05, 0.1) is 10.9 Å². The second-order valence-corrected chi connectivity index (χ2v) is 8.10. The van der Waals surface area contributed by atoms with Gasteiger partial charge < -0.3 is 25.3 Å². The molecule has 3 N–H and O–H groups in total. The number of rotatable bonds is 7. The number of fused-ring (bicyclic) bond motifs is 1. The fourth-order valence-electron chi connectivity index (χ4n) is 3.77. The van der Waals surface area contributed by atoms with E-state index in [2.05, 4.69) is 10.3 Å². The van der Waals surface area contributed by atoms with Crippen molar-refractivity contribution in [1.82, 2.24) is 14.8 Å². The number of aryl methyl sites for hydroxylation is 1. The summed E-state index contributed by atoms with van der Waals surface area (Å²) in [6.07, 6.45) is 2.00. The van der Waals surface area contributed by atoms with Crippen LogP contribution in [0.5, 0.6) is 0 Å². The summed E-state index contributed by atoms with van der Waals surface area (Å²) in [5.41, 5.74) is 6.49. The summed E-state index contributed by atoms with van der Waals surface area (Å²) in [6.45, 7) is 5.92. The highest BCUT2D eigenvalue weighted by molar-refractivity contribution is 5.96. The van der Waals surface area contributed by atoms with Crippen LogP contribution >= 0.6 is 0 Å². The van der Waals surface area contributed by atoms with Crippen LogP contribution in [-0.4, -0.2) is 73.0 Å². The first-order valence-electron chi connectivity index (χ1n) is 10.4. The first kappa shape index (κ1) is 22.5. The Bertz CT molecular complexity index is 1030. The van der Waals surface area contributed by atoms with Gasteiger partial charge >= 0.3 is 11.7 Å². The van der Waals surface area contributed by atoms with Crippen molar-refractivity contribution in [3.8, 4) is 0 Å². The molecule has 3 rings (SSSR count). The second kappa shape index (κ2) is 9.34. The quantitative estimate of drug-likeness (QED) is 0.679. The van der Waals surface area contributed by atoms with Gasteiger partial charge in [0.1, 0.15) is 6.04 Å². The van der Waals surface area contributed by atoms with Crippen LogP contribution in [0.15, 0.2) is 21.3 Å². The number of benzene rings is 1. The van der Waals surface area contributed by atoms with Crippen LogP contribution in [0.4, 0.5) is 16.5 Å². The van der Waals surface area contributed by atoms with Crippen molar-refractivity contribution in [2.75, 3.05) is 50.5 Å². The molecule has 10 heteroatoms. The Labute approximate surface area is 181 Å². The normalized spacial score (nSPS) is 14.8. The number of hydrogen-bond donors (Lipinski definition) is 2. The Kier molecular flexibility index (Phi) is 6.79. The third kappa shape index (κ3) is 4.96. The van der Waals surface area contributed by atoms with E-state index in [0.717, 1.165) is 25.9 Å². The van der Waals surface area contributed by atoms with Crippen LogP contribution < -0.4 is 21.6 Å². The molecule has 1 aliphatic heterocycles. The van der Waals surface area contributed by atoms with Gasteiger partial charge in [-0.15, -0.1) is 0 Å². The van der Waals surface area contributed by atoms with Crippen LogP contribution in [0.3, 0.4) is 0 Å². The van der Waals surface area contributed by atoms with Gasteiger partial charge in [-0.05, 0) is 58.5 Å². The standard InChI is InChI=1S/C21H30N6O4/c1-13-16(27(20(22)30)12-11-25(3)4)8-7-15-17(13)19(29)31-21(24-15)23-14(2)18(28)26-9-5-6-10-26/h7-8,14H,5-6,9-12H2,1-4H3,(H2,22,30)(H,23,24)/t14-/m0/s1. The summed E-state index contributed by atoms with van der Waals surface area (Å²) in [6, 6.07) is 2.19. The van der Waals surface area contributed by atoms with E-state index in [-0.39, 0.29) is 17.3 Å². The number of aromatic nitrogens is 1. The summed E-state index contributed by atoms with van der Waals surface area (Å²) in [5, 5.41) is 3.18. The molecule has 0 bridgehead atoms. The first-order valence-corrected chi connectivity index (χ1v) is 10.4. The van der Waals surface area contributed by atoms with Crippen molar-refractivity contribution >= 4 is 34.5 Å². The van der Waals surface area contributed by atoms with E-state index in [1.807, 2.05) is 19.0 Å². The van der Waals surface area contributed by atoms with E-state index in [1.54, 1.807) is 30.9 Å². The molecule has 1 saturated heterocycles. The number of nitrogens with two attached hydrogens (primary N) is 1. The lowest BCUT2D eigenvalue weighted by Gasteiger charge is -2.24. The van der Waals surface area contributed by atoms with Crippen LogP contribution in [0.25, 0.3) is 10.9 Å². The lowest BCUT2D eigenvalue weighted by Crippen LogP contribution is -2.40. The highest BCUT2D eigenvalue weighted by Crippen LogP contribution is 2.26. The number of carbonyl (C=O) groups excluding carboxylic acids is 2. The Balaban J connectivity index is 1.89. The van der Waals surface area contributed by atoms with Crippen LogP contribution in [0.2, 0.25) is 0 Å². The monoisotopic (exact) mass is 430 g/mol. The topological polar surface area (TPSA) is 125 Å². The Morgan fingerprint density at radius 3 is 2.55 bits per heavy atom. The molecule has 0 unspecified atom stereocenters. The minimum Gasteiger partial charge on any atom is -0.389 e. The molecule has 2 heterocycles. The molecule has 0 saturated carbocycles. The zero-order valence-electron chi connectivity index (χ0n) is 18.5. The van der Waals surface area contributed by atoms with Gasteiger partial charge in [0, 0.05) is 31.9 Å². The largest absolute Gasteiger partial charge is 0.389 e. The molecule has 1 fully saturated rings. The molecule has 0 radical (unpaired) electrons. The van der Waals surface area contributed by atoms with Crippen molar-refractivity contribution in [2.24, 2.45) is 5.73 Å². The molecule has 1 aliphatic rings. The number of primary amides is 1. The molecule has 1 atom stereocenters. The van der Waals surface area contributed by atoms with Crippen molar-refractivity contribution in [1.29, 1.82) is 0 Å². The molecule has 1 aromatic heterocycles. The van der Waals surface area contributed by atoms with Crippen molar-refractivity contribution in [3.05, 3.63) is 28.1 Å². The predicted molar refractivity (Wildman–Crippen MR) is 119 cm³/mol. The minimum absolute atomic E-state index is 0.0101. The van der Waals surface area contributed by atoms with Crippen LogP contribution in [-0.2, 0) is 4.79 Å². The SMILES string of the molecule is Cc1c(N(CCN(C)C)C(N)=O)ccc2nc(N[C@@H](C)C(=O)N3CCCC3)oc(=O)c12. The van der Waals surface area contributed by atoms with Crippen LogP contribution in [0, 0.1) is 6.92 Å². The molecular weight excluding hydrogens is 400 g/mol. The number of hydrogen-bond acceptors (Lipinski definition) is 7. The third-order valence-corrected chi connectivity index (χ3v) is 5.49. The van der Waals surface area contributed by atoms with Crippen molar-refractivity contribution in [3.63, 3.8) is 0 Å². The zero-order chi connectivity index (χ0) is 22.7. The van der Waals surface area contributed by atoms with Crippen LogP contribution in [0.1, 0.15) is 25.3 Å². The number of nitrogens with zero attached hydrogens (tertiary/aromatic N) is 4. The lowest BCUT2D eigenvalue weighted by molar-refractivity contribution is -0.130. The molecule has 3 amide bonds. The molecular formula is C21H30N6O4. The maximum absolute atomic E-state index is 12.8. The molecule has 0 spiro atoms.